The van der Waals surface area contributed by atoms with Gasteiger partial charge in [-0.1, -0.05) is 25.1 Å². The fourth-order valence-corrected chi connectivity index (χ4v) is 2.84. The maximum absolute atomic E-state index is 12.1. The summed E-state index contributed by atoms with van der Waals surface area (Å²) in [5.41, 5.74) is 6.34. The number of ether oxygens (including phenoxy) is 3. The molecule has 0 aromatic heterocycles. The number of hydrogen-bond donors (Lipinski definition) is 3. The van der Waals surface area contributed by atoms with Crippen LogP contribution >= 0.6 is 0 Å². The number of carbonyl (C=O) groups is 2. The Hall–Kier alpha value is -3.17. The first-order valence-electron chi connectivity index (χ1n) is 10.9. The van der Waals surface area contributed by atoms with Crippen LogP contribution in [0.15, 0.2) is 23.4 Å². The number of rotatable bonds is 12. The molecular weight excluding hydrogens is 428 g/mol. The zero-order valence-electron chi connectivity index (χ0n) is 20.7. The van der Waals surface area contributed by atoms with Crippen LogP contribution in [0.25, 0.3) is 0 Å². The Morgan fingerprint density at radius 2 is 1.79 bits per heavy atom. The second-order valence-electron chi connectivity index (χ2n) is 8.91. The van der Waals surface area contributed by atoms with Gasteiger partial charge in [-0.2, -0.15) is 0 Å². The van der Waals surface area contributed by atoms with Crippen molar-refractivity contribution in [1.82, 2.24) is 10.6 Å². The molecule has 4 N–H and O–H groups in total. The monoisotopic (exact) mass is 466 g/mol. The maximum Gasteiger partial charge on any atom is 0.408 e. The van der Waals surface area contributed by atoms with E-state index in [4.69, 9.17) is 24.8 Å². The molecule has 1 aromatic carbocycles. The molecule has 0 radical (unpaired) electrons. The third-order valence-electron chi connectivity index (χ3n) is 4.30. The molecule has 0 bridgehead atoms. The number of benzene rings is 1. The van der Waals surface area contributed by atoms with Gasteiger partial charge in [0.05, 0.1) is 20.3 Å². The van der Waals surface area contributed by atoms with Gasteiger partial charge in [-0.05, 0) is 57.2 Å². The summed E-state index contributed by atoms with van der Waals surface area (Å²) in [4.78, 5) is 29.2. The van der Waals surface area contributed by atoms with Crippen LogP contribution in [0.5, 0.6) is 11.5 Å². The predicted octanol–water partition coefficient (Wildman–Crippen LogP) is 2.59. The van der Waals surface area contributed by atoms with Gasteiger partial charge in [0.15, 0.2) is 23.9 Å². The number of amides is 2. The molecule has 1 atom stereocenters. The van der Waals surface area contributed by atoms with Crippen LogP contribution in [0.1, 0.15) is 46.6 Å². The third-order valence-corrected chi connectivity index (χ3v) is 4.30. The topological polar surface area (TPSA) is 134 Å². The van der Waals surface area contributed by atoms with E-state index in [1.54, 1.807) is 35.0 Å². The molecule has 1 unspecified atom stereocenters. The molecule has 1 aromatic rings. The van der Waals surface area contributed by atoms with Crippen molar-refractivity contribution in [2.24, 2.45) is 16.8 Å². The number of nitrogens with zero attached hydrogens (tertiary/aromatic N) is 1. The zero-order valence-corrected chi connectivity index (χ0v) is 20.7. The van der Waals surface area contributed by atoms with Crippen LogP contribution in [-0.2, 0) is 20.8 Å². The molecule has 0 fully saturated rings. The summed E-state index contributed by atoms with van der Waals surface area (Å²) in [7, 11) is 3.15. The molecule has 0 saturated heterocycles. The van der Waals surface area contributed by atoms with Gasteiger partial charge in [0.25, 0.3) is 5.91 Å². The highest BCUT2D eigenvalue weighted by molar-refractivity contribution is 5.88. The maximum atomic E-state index is 12.1. The Bertz CT molecular complexity index is 805. The summed E-state index contributed by atoms with van der Waals surface area (Å²) in [6, 6.07) is 5.00. The van der Waals surface area contributed by atoms with Gasteiger partial charge in [-0.15, -0.1) is 0 Å². The number of methoxy groups -OCH3 is 2. The van der Waals surface area contributed by atoms with E-state index in [1.165, 1.54) is 0 Å². The zero-order chi connectivity index (χ0) is 25.0. The fraction of sp³-hybridized carbons (Fsp3) is 0.609. The minimum atomic E-state index is -0.635. The lowest BCUT2D eigenvalue weighted by Crippen LogP contribution is -2.47. The van der Waals surface area contributed by atoms with Crippen molar-refractivity contribution in [2.75, 3.05) is 27.4 Å². The quantitative estimate of drug-likeness (QED) is 0.245. The molecule has 0 aliphatic rings. The fourth-order valence-electron chi connectivity index (χ4n) is 2.84. The standard InChI is InChI=1S/C23H38N4O6/c1-15(2)12-17(26-22(29)33-23(3,4)5)21(24)27-32-14-20(28)25-11-10-16-8-9-18(30-6)19(13-16)31-7/h8-9,13,15,17H,10-12,14H2,1-7H3,(H2,24,27)(H,25,28)(H,26,29). The number of hydrogen-bond acceptors (Lipinski definition) is 7. The Balaban J connectivity index is 2.52. The second kappa shape index (κ2) is 13.4. The number of amidine groups is 1. The lowest BCUT2D eigenvalue weighted by Gasteiger charge is -2.24. The smallest absolute Gasteiger partial charge is 0.408 e. The van der Waals surface area contributed by atoms with Crippen molar-refractivity contribution in [3.63, 3.8) is 0 Å². The molecule has 0 aliphatic carbocycles. The van der Waals surface area contributed by atoms with E-state index in [0.717, 1.165) is 5.56 Å². The summed E-state index contributed by atoms with van der Waals surface area (Å²) >= 11 is 0. The molecule has 0 heterocycles. The normalized spacial score (nSPS) is 12.7. The van der Waals surface area contributed by atoms with Crippen molar-refractivity contribution in [3.05, 3.63) is 23.8 Å². The predicted molar refractivity (Wildman–Crippen MR) is 126 cm³/mol. The number of alkyl carbamates (subject to hydrolysis) is 1. The van der Waals surface area contributed by atoms with Crippen LogP contribution in [0.2, 0.25) is 0 Å². The van der Waals surface area contributed by atoms with Crippen molar-refractivity contribution in [2.45, 2.75) is 59.1 Å². The highest BCUT2D eigenvalue weighted by Crippen LogP contribution is 2.27. The van der Waals surface area contributed by atoms with E-state index in [2.05, 4.69) is 15.8 Å². The SMILES string of the molecule is COc1ccc(CCNC(=O)CO/N=C(/N)C(CC(C)C)NC(=O)OC(C)(C)C)cc1OC. The van der Waals surface area contributed by atoms with E-state index < -0.39 is 17.7 Å². The molecule has 0 spiro atoms. The first-order valence-corrected chi connectivity index (χ1v) is 10.9. The van der Waals surface area contributed by atoms with Gasteiger partial charge < -0.3 is 35.4 Å². The summed E-state index contributed by atoms with van der Waals surface area (Å²) < 4.78 is 15.8. The van der Waals surface area contributed by atoms with E-state index in [0.29, 0.717) is 30.9 Å². The van der Waals surface area contributed by atoms with Crippen LogP contribution in [0.4, 0.5) is 4.79 Å². The molecular formula is C23H38N4O6. The van der Waals surface area contributed by atoms with Crippen LogP contribution < -0.4 is 25.8 Å². The summed E-state index contributed by atoms with van der Waals surface area (Å²) in [5, 5.41) is 9.26. The minimum Gasteiger partial charge on any atom is -0.493 e. The molecule has 10 heteroatoms. The first-order chi connectivity index (χ1) is 15.4. The van der Waals surface area contributed by atoms with Gasteiger partial charge in [0, 0.05) is 6.54 Å². The van der Waals surface area contributed by atoms with Crippen LogP contribution in [0, 0.1) is 5.92 Å². The molecule has 10 nitrogen and oxygen atoms in total. The highest BCUT2D eigenvalue weighted by atomic mass is 16.6. The van der Waals surface area contributed by atoms with E-state index in [-0.39, 0.29) is 24.3 Å². The molecule has 33 heavy (non-hydrogen) atoms. The van der Waals surface area contributed by atoms with Crippen molar-refractivity contribution in [3.8, 4) is 11.5 Å². The average molecular weight is 467 g/mol. The van der Waals surface area contributed by atoms with Crippen molar-refractivity contribution >= 4 is 17.8 Å². The number of nitrogens with two attached hydrogens (primary N) is 1. The summed E-state index contributed by atoms with van der Waals surface area (Å²) in [6.07, 6.45) is 0.544. The highest BCUT2D eigenvalue weighted by Gasteiger charge is 2.23. The van der Waals surface area contributed by atoms with Crippen LogP contribution in [0.3, 0.4) is 0 Å². The van der Waals surface area contributed by atoms with E-state index in [1.807, 2.05) is 32.0 Å². The molecule has 0 aliphatic heterocycles. The number of oxime groups is 1. The largest absolute Gasteiger partial charge is 0.493 e. The third kappa shape index (κ3) is 11.3. The van der Waals surface area contributed by atoms with Gasteiger partial charge >= 0.3 is 6.09 Å². The average Bonchev–Trinajstić information content (AvgIpc) is 2.71. The summed E-state index contributed by atoms with van der Waals surface area (Å²) in [6.45, 7) is 9.41. The van der Waals surface area contributed by atoms with Gasteiger partial charge in [0.2, 0.25) is 0 Å². The first kappa shape index (κ1) is 27.9. The minimum absolute atomic E-state index is 0.0627. The lowest BCUT2D eigenvalue weighted by atomic mass is 10.0. The Morgan fingerprint density at radius 1 is 1.12 bits per heavy atom. The molecule has 2 amide bonds. The molecule has 1 rings (SSSR count). The lowest BCUT2D eigenvalue weighted by molar-refractivity contribution is -0.125. The Kier molecular flexibility index (Phi) is 11.3. The molecule has 0 saturated carbocycles. The van der Waals surface area contributed by atoms with Gasteiger partial charge in [-0.25, -0.2) is 4.79 Å². The second-order valence-corrected chi connectivity index (χ2v) is 8.91. The summed E-state index contributed by atoms with van der Waals surface area (Å²) in [5.74, 6) is 1.23. The van der Waals surface area contributed by atoms with Gasteiger partial charge in [-0.3, -0.25) is 4.79 Å². The van der Waals surface area contributed by atoms with E-state index in [9.17, 15) is 9.59 Å². The van der Waals surface area contributed by atoms with Crippen molar-refractivity contribution in [1.29, 1.82) is 0 Å². The van der Waals surface area contributed by atoms with Crippen molar-refractivity contribution < 1.29 is 28.6 Å². The van der Waals surface area contributed by atoms with Gasteiger partial charge in [0.1, 0.15) is 5.60 Å². The Morgan fingerprint density at radius 3 is 2.36 bits per heavy atom. The number of carbonyl (C=O) groups excluding carboxylic acids is 2. The number of nitrogens with one attached hydrogen (secondary N) is 2. The van der Waals surface area contributed by atoms with E-state index >= 15 is 0 Å². The molecule has 186 valence electrons. The Labute approximate surface area is 196 Å². The van der Waals surface area contributed by atoms with Crippen LogP contribution in [-0.4, -0.2) is 56.9 Å².